The van der Waals surface area contributed by atoms with Gasteiger partial charge in [0.2, 0.25) is 0 Å². The molecule has 0 radical (unpaired) electrons. The van der Waals surface area contributed by atoms with Gasteiger partial charge in [0.25, 0.3) is 0 Å². The van der Waals surface area contributed by atoms with E-state index in [2.05, 4.69) is 4.90 Å². The molecular weight excluding hydrogens is 168 g/mol. The molecule has 0 aromatic carbocycles. The first kappa shape index (κ1) is 10.1. The van der Waals surface area contributed by atoms with Crippen LogP contribution in [-0.2, 0) is 4.74 Å². The van der Waals surface area contributed by atoms with E-state index in [9.17, 15) is 4.79 Å². The smallest absolute Gasteiger partial charge is 0.414 e. The van der Waals surface area contributed by atoms with Gasteiger partial charge in [-0.2, -0.15) is 0 Å². The molecule has 1 rings (SSSR count). The van der Waals surface area contributed by atoms with Gasteiger partial charge < -0.3 is 14.5 Å². The first-order valence-electron chi connectivity index (χ1n) is 4.36. The standard InChI is InChI=1S/C9H16N2O2/c1-10(2)9(12)13-8-4-6-11(3)7-5-8/h4H,5-7H2,1-3H3. The Balaban J connectivity index is 2.42. The van der Waals surface area contributed by atoms with E-state index >= 15 is 0 Å². The van der Waals surface area contributed by atoms with Crippen molar-refractivity contribution in [2.75, 3.05) is 34.2 Å². The van der Waals surface area contributed by atoms with Crippen molar-refractivity contribution in [3.63, 3.8) is 0 Å². The molecule has 1 heterocycles. The normalized spacial score (nSPS) is 17.9. The minimum absolute atomic E-state index is 0.296. The summed E-state index contributed by atoms with van der Waals surface area (Å²) in [7, 11) is 5.40. The minimum atomic E-state index is -0.296. The summed E-state index contributed by atoms with van der Waals surface area (Å²) in [4.78, 5) is 14.7. The summed E-state index contributed by atoms with van der Waals surface area (Å²) in [6.45, 7) is 1.81. The van der Waals surface area contributed by atoms with Crippen LogP contribution in [0.25, 0.3) is 0 Å². The lowest BCUT2D eigenvalue weighted by molar-refractivity contribution is 0.138. The molecular formula is C9H16N2O2. The molecule has 13 heavy (non-hydrogen) atoms. The van der Waals surface area contributed by atoms with Crippen molar-refractivity contribution in [2.24, 2.45) is 0 Å². The van der Waals surface area contributed by atoms with E-state index in [1.54, 1.807) is 14.1 Å². The van der Waals surface area contributed by atoms with E-state index < -0.39 is 0 Å². The van der Waals surface area contributed by atoms with Crippen LogP contribution < -0.4 is 0 Å². The molecule has 0 atom stereocenters. The number of rotatable bonds is 1. The zero-order valence-corrected chi connectivity index (χ0v) is 8.41. The summed E-state index contributed by atoms with van der Waals surface area (Å²) in [5, 5.41) is 0. The second-order valence-electron chi connectivity index (χ2n) is 3.45. The minimum Gasteiger partial charge on any atom is -0.415 e. The highest BCUT2D eigenvalue weighted by Crippen LogP contribution is 2.11. The van der Waals surface area contributed by atoms with Crippen LogP contribution >= 0.6 is 0 Å². The molecule has 0 aromatic heterocycles. The maximum Gasteiger partial charge on any atom is 0.414 e. The van der Waals surface area contributed by atoms with E-state index in [4.69, 9.17) is 4.74 Å². The zero-order valence-electron chi connectivity index (χ0n) is 8.41. The van der Waals surface area contributed by atoms with Gasteiger partial charge in [-0.3, -0.25) is 0 Å². The van der Waals surface area contributed by atoms with Crippen LogP contribution in [0, 0.1) is 0 Å². The number of amides is 1. The van der Waals surface area contributed by atoms with Crippen LogP contribution in [0.15, 0.2) is 11.8 Å². The highest BCUT2D eigenvalue weighted by atomic mass is 16.6. The van der Waals surface area contributed by atoms with Crippen molar-refractivity contribution in [2.45, 2.75) is 6.42 Å². The van der Waals surface area contributed by atoms with Gasteiger partial charge in [-0.15, -0.1) is 0 Å². The zero-order chi connectivity index (χ0) is 9.84. The Morgan fingerprint density at radius 1 is 1.62 bits per heavy atom. The van der Waals surface area contributed by atoms with E-state index in [1.165, 1.54) is 4.90 Å². The summed E-state index contributed by atoms with van der Waals surface area (Å²) in [5.74, 6) is 0.789. The highest BCUT2D eigenvalue weighted by Gasteiger charge is 2.13. The average molecular weight is 184 g/mol. The number of carbonyl (C=O) groups excluding carboxylic acids is 1. The highest BCUT2D eigenvalue weighted by molar-refractivity contribution is 5.68. The van der Waals surface area contributed by atoms with Gasteiger partial charge in [-0.05, 0) is 13.1 Å². The van der Waals surface area contributed by atoms with Crippen molar-refractivity contribution < 1.29 is 9.53 Å². The van der Waals surface area contributed by atoms with E-state index in [0.717, 1.165) is 25.3 Å². The first-order chi connectivity index (χ1) is 6.09. The Bertz CT molecular complexity index is 224. The fourth-order valence-electron chi connectivity index (χ4n) is 1.05. The molecule has 0 unspecified atom stereocenters. The summed E-state index contributed by atoms with van der Waals surface area (Å²) < 4.78 is 5.12. The molecule has 0 saturated heterocycles. The maximum atomic E-state index is 11.1. The average Bonchev–Trinajstić information content (AvgIpc) is 2.08. The van der Waals surface area contributed by atoms with Crippen LogP contribution in [0.5, 0.6) is 0 Å². The molecule has 0 aromatic rings. The number of ether oxygens (including phenoxy) is 1. The predicted octanol–water partition coefficient (Wildman–Crippen LogP) is 0.904. The lowest BCUT2D eigenvalue weighted by Gasteiger charge is -2.22. The largest absolute Gasteiger partial charge is 0.415 e. The van der Waals surface area contributed by atoms with Gasteiger partial charge in [-0.1, -0.05) is 0 Å². The summed E-state index contributed by atoms with van der Waals surface area (Å²) in [5.41, 5.74) is 0. The molecule has 0 aliphatic carbocycles. The van der Waals surface area contributed by atoms with E-state index in [0.29, 0.717) is 0 Å². The molecule has 1 aliphatic heterocycles. The quantitative estimate of drug-likeness (QED) is 0.607. The Labute approximate surface area is 78.8 Å². The number of nitrogens with zero attached hydrogens (tertiary/aromatic N) is 2. The lowest BCUT2D eigenvalue weighted by Crippen LogP contribution is -2.28. The summed E-state index contributed by atoms with van der Waals surface area (Å²) in [6, 6.07) is 0. The van der Waals surface area contributed by atoms with Crippen molar-refractivity contribution in [3.05, 3.63) is 11.8 Å². The van der Waals surface area contributed by atoms with E-state index in [1.807, 2.05) is 13.1 Å². The molecule has 0 bridgehead atoms. The lowest BCUT2D eigenvalue weighted by atomic mass is 10.2. The molecule has 0 spiro atoms. The molecule has 0 N–H and O–H groups in total. The van der Waals surface area contributed by atoms with Gasteiger partial charge >= 0.3 is 6.09 Å². The van der Waals surface area contributed by atoms with Crippen molar-refractivity contribution in [1.82, 2.24) is 9.80 Å². The van der Waals surface area contributed by atoms with Gasteiger partial charge in [0.05, 0.1) is 0 Å². The molecule has 0 fully saturated rings. The fourth-order valence-corrected chi connectivity index (χ4v) is 1.05. The van der Waals surface area contributed by atoms with Crippen molar-refractivity contribution in [1.29, 1.82) is 0 Å². The molecule has 1 aliphatic rings. The first-order valence-corrected chi connectivity index (χ1v) is 4.36. The van der Waals surface area contributed by atoms with Crippen molar-refractivity contribution in [3.8, 4) is 0 Å². The van der Waals surface area contributed by atoms with E-state index in [-0.39, 0.29) is 6.09 Å². The maximum absolute atomic E-state index is 11.1. The topological polar surface area (TPSA) is 32.8 Å². The van der Waals surface area contributed by atoms with Crippen LogP contribution in [0.4, 0.5) is 4.79 Å². The third-order valence-corrected chi connectivity index (χ3v) is 1.95. The van der Waals surface area contributed by atoms with Crippen LogP contribution in [0.1, 0.15) is 6.42 Å². The third-order valence-electron chi connectivity index (χ3n) is 1.95. The van der Waals surface area contributed by atoms with Crippen LogP contribution in [-0.4, -0.2) is 50.1 Å². The predicted molar refractivity (Wildman–Crippen MR) is 50.4 cm³/mol. The van der Waals surface area contributed by atoms with Crippen LogP contribution in [0.3, 0.4) is 0 Å². The molecule has 1 amide bonds. The Morgan fingerprint density at radius 2 is 2.31 bits per heavy atom. The van der Waals surface area contributed by atoms with Crippen LogP contribution in [0.2, 0.25) is 0 Å². The SMILES string of the molecule is CN1CC=C(OC(=O)N(C)C)CC1. The Morgan fingerprint density at radius 3 is 2.77 bits per heavy atom. The van der Waals surface area contributed by atoms with Crippen molar-refractivity contribution >= 4 is 6.09 Å². The molecule has 0 saturated carbocycles. The monoisotopic (exact) mass is 184 g/mol. The second kappa shape index (κ2) is 4.28. The molecule has 74 valence electrons. The Hall–Kier alpha value is -1.03. The number of hydrogen-bond acceptors (Lipinski definition) is 3. The number of likely N-dealkylation sites (N-methyl/N-ethyl adjacent to an activating group) is 1. The number of hydrogen-bond donors (Lipinski definition) is 0. The van der Waals surface area contributed by atoms with Gasteiger partial charge in [0, 0.05) is 33.6 Å². The van der Waals surface area contributed by atoms with Gasteiger partial charge in [0.15, 0.2) is 0 Å². The van der Waals surface area contributed by atoms with Gasteiger partial charge in [-0.25, -0.2) is 4.79 Å². The molecule has 4 heteroatoms. The third kappa shape index (κ3) is 3.06. The summed E-state index contributed by atoms with van der Waals surface area (Å²) in [6.07, 6.45) is 2.47. The number of carbonyl (C=O) groups is 1. The summed E-state index contributed by atoms with van der Waals surface area (Å²) >= 11 is 0. The fraction of sp³-hybridized carbons (Fsp3) is 0.667. The van der Waals surface area contributed by atoms with Gasteiger partial charge in [0.1, 0.15) is 5.76 Å². The second-order valence-corrected chi connectivity index (χ2v) is 3.45. The Kier molecular flexibility index (Phi) is 3.31. The molecule has 4 nitrogen and oxygen atoms in total.